The smallest absolute Gasteiger partial charge is 0.238 e. The molecule has 1 amide bonds. The molecular weight excluding hydrogens is 246 g/mol. The number of carbonyl (C=O) groups excluding carboxylic acids is 1. The molecule has 0 aromatic carbocycles. The van der Waals surface area contributed by atoms with E-state index in [-0.39, 0.29) is 11.3 Å². The summed E-state index contributed by atoms with van der Waals surface area (Å²) in [4.78, 5) is 13.0. The molecule has 0 saturated carbocycles. The lowest BCUT2D eigenvalue weighted by molar-refractivity contribution is -0.123. The highest BCUT2D eigenvalue weighted by atomic mass is 32.1. The first-order valence-electron chi connectivity index (χ1n) is 5.82. The largest absolute Gasteiger partial charge is 0.339 e. The van der Waals surface area contributed by atoms with Crippen molar-refractivity contribution in [2.75, 3.05) is 0 Å². The molecule has 1 aromatic heterocycles. The van der Waals surface area contributed by atoms with Crippen LogP contribution in [-0.4, -0.2) is 18.0 Å². The maximum absolute atomic E-state index is 11.9. The van der Waals surface area contributed by atoms with E-state index in [4.69, 9.17) is 11.0 Å². The van der Waals surface area contributed by atoms with Gasteiger partial charge in [-0.15, -0.1) is 11.3 Å². The molecule has 0 radical (unpaired) electrons. The van der Waals surface area contributed by atoms with Crippen LogP contribution in [0.5, 0.6) is 0 Å². The van der Waals surface area contributed by atoms with E-state index in [1.54, 1.807) is 11.3 Å². The molecule has 3 N–H and O–H groups in total. The Morgan fingerprint density at radius 3 is 2.72 bits per heavy atom. The van der Waals surface area contributed by atoms with Crippen molar-refractivity contribution < 1.29 is 4.79 Å². The fraction of sp³-hybridized carbons (Fsp3) is 0.538. The van der Waals surface area contributed by atoms with Crippen LogP contribution in [0, 0.1) is 16.7 Å². The number of nitrogens with zero attached hydrogens (tertiary/aromatic N) is 1. The summed E-state index contributed by atoms with van der Waals surface area (Å²) in [5, 5.41) is 13.7. The van der Waals surface area contributed by atoms with Crippen LogP contribution in [0.1, 0.15) is 25.6 Å². The molecule has 18 heavy (non-hydrogen) atoms. The van der Waals surface area contributed by atoms with Gasteiger partial charge in [0.15, 0.2) is 0 Å². The van der Waals surface area contributed by atoms with E-state index >= 15 is 0 Å². The monoisotopic (exact) mass is 265 g/mol. The lowest BCUT2D eigenvalue weighted by Crippen LogP contribution is -2.50. The lowest BCUT2D eigenvalue weighted by Gasteiger charge is -2.26. The third-order valence-corrected chi connectivity index (χ3v) is 3.52. The highest BCUT2D eigenvalue weighted by Crippen LogP contribution is 2.18. The topological polar surface area (TPSA) is 78.9 Å². The van der Waals surface area contributed by atoms with Crippen LogP contribution in [0.25, 0.3) is 0 Å². The number of rotatable bonds is 4. The molecular formula is C13H19N3OS. The van der Waals surface area contributed by atoms with E-state index < -0.39 is 12.1 Å². The van der Waals surface area contributed by atoms with Gasteiger partial charge in [0, 0.05) is 11.3 Å². The zero-order valence-corrected chi connectivity index (χ0v) is 11.8. The Bertz CT molecular complexity index is 428. The van der Waals surface area contributed by atoms with Crippen LogP contribution in [0.2, 0.25) is 0 Å². The summed E-state index contributed by atoms with van der Waals surface area (Å²) in [7, 11) is 0. The molecule has 0 aliphatic carbocycles. The van der Waals surface area contributed by atoms with E-state index in [9.17, 15) is 4.79 Å². The van der Waals surface area contributed by atoms with E-state index in [0.29, 0.717) is 6.42 Å². The minimum absolute atomic E-state index is 0.273. The van der Waals surface area contributed by atoms with Crippen LogP contribution in [0.4, 0.5) is 0 Å². The summed E-state index contributed by atoms with van der Waals surface area (Å²) < 4.78 is 0. The van der Waals surface area contributed by atoms with Crippen LogP contribution >= 0.6 is 11.3 Å². The molecule has 4 nitrogen and oxygen atoms in total. The van der Waals surface area contributed by atoms with Crippen molar-refractivity contribution in [1.29, 1.82) is 5.26 Å². The number of hydrogen-bond acceptors (Lipinski definition) is 4. The summed E-state index contributed by atoms with van der Waals surface area (Å²) in [5.41, 5.74) is 5.54. The second-order valence-corrected chi connectivity index (χ2v) is 6.36. The number of carbonyl (C=O) groups is 1. The van der Waals surface area contributed by atoms with Crippen molar-refractivity contribution in [2.24, 2.45) is 11.1 Å². The van der Waals surface area contributed by atoms with Gasteiger partial charge in [-0.05, 0) is 16.9 Å². The Kier molecular flexibility index (Phi) is 4.88. The third kappa shape index (κ3) is 4.13. The molecule has 0 unspecified atom stereocenters. The Morgan fingerprint density at radius 2 is 2.28 bits per heavy atom. The lowest BCUT2D eigenvalue weighted by atomic mass is 9.87. The fourth-order valence-electron chi connectivity index (χ4n) is 1.43. The van der Waals surface area contributed by atoms with Gasteiger partial charge in [-0.25, -0.2) is 0 Å². The van der Waals surface area contributed by atoms with Gasteiger partial charge in [-0.1, -0.05) is 26.8 Å². The van der Waals surface area contributed by atoms with Crippen molar-refractivity contribution >= 4 is 17.2 Å². The highest BCUT2D eigenvalue weighted by molar-refractivity contribution is 7.09. The SMILES string of the molecule is CC(C)(C)[C@@H](C#N)NC(=O)[C@@H](N)Cc1cccs1. The average Bonchev–Trinajstić information content (AvgIpc) is 2.76. The Hall–Kier alpha value is -1.38. The van der Waals surface area contributed by atoms with Crippen LogP contribution in [-0.2, 0) is 11.2 Å². The summed E-state index contributed by atoms with van der Waals surface area (Å²) in [5.74, 6) is -0.273. The first kappa shape index (κ1) is 14.7. The predicted molar refractivity (Wildman–Crippen MR) is 73.0 cm³/mol. The molecule has 0 aliphatic rings. The van der Waals surface area contributed by atoms with Crippen molar-refractivity contribution in [3.8, 4) is 6.07 Å². The Labute approximate surface area is 112 Å². The van der Waals surface area contributed by atoms with Crippen LogP contribution < -0.4 is 11.1 Å². The molecule has 5 heteroatoms. The minimum Gasteiger partial charge on any atom is -0.339 e. The van der Waals surface area contributed by atoms with E-state index in [1.165, 1.54) is 0 Å². The number of thiophene rings is 1. The van der Waals surface area contributed by atoms with E-state index in [1.807, 2.05) is 38.3 Å². The Morgan fingerprint density at radius 1 is 1.61 bits per heavy atom. The molecule has 2 atom stereocenters. The molecule has 1 rings (SSSR count). The standard InChI is InChI=1S/C13H19N3OS/c1-13(2,3)11(8-14)16-12(17)10(15)7-9-5-4-6-18-9/h4-6,10-11H,7,15H2,1-3H3,(H,16,17)/t10-,11+/m0/s1. The fourth-order valence-corrected chi connectivity index (χ4v) is 2.19. The second-order valence-electron chi connectivity index (χ2n) is 5.33. The molecule has 0 spiro atoms. The van der Waals surface area contributed by atoms with Gasteiger partial charge < -0.3 is 11.1 Å². The maximum atomic E-state index is 11.9. The molecule has 0 saturated heterocycles. The van der Waals surface area contributed by atoms with Gasteiger partial charge in [0.05, 0.1) is 12.1 Å². The molecule has 1 heterocycles. The number of nitrogens with one attached hydrogen (secondary N) is 1. The van der Waals surface area contributed by atoms with E-state index in [2.05, 4.69) is 11.4 Å². The number of nitriles is 1. The van der Waals surface area contributed by atoms with Gasteiger partial charge in [-0.2, -0.15) is 5.26 Å². The predicted octanol–water partition coefficient (Wildman–Crippen LogP) is 1.67. The molecule has 0 fully saturated rings. The maximum Gasteiger partial charge on any atom is 0.238 e. The number of nitrogens with two attached hydrogens (primary N) is 1. The number of hydrogen-bond donors (Lipinski definition) is 2. The molecule has 0 aliphatic heterocycles. The van der Waals surface area contributed by atoms with Crippen molar-refractivity contribution in [1.82, 2.24) is 5.32 Å². The molecule has 98 valence electrons. The Balaban J connectivity index is 2.57. The van der Waals surface area contributed by atoms with Gasteiger partial charge in [-0.3, -0.25) is 4.79 Å². The van der Waals surface area contributed by atoms with E-state index in [0.717, 1.165) is 4.88 Å². The normalized spacial score (nSPS) is 14.6. The van der Waals surface area contributed by atoms with Gasteiger partial charge in [0.2, 0.25) is 5.91 Å². The van der Waals surface area contributed by atoms with Gasteiger partial charge in [0.25, 0.3) is 0 Å². The first-order valence-corrected chi connectivity index (χ1v) is 6.70. The zero-order valence-electron chi connectivity index (χ0n) is 10.9. The minimum atomic E-state index is -0.609. The van der Waals surface area contributed by atoms with Crippen LogP contribution in [0.3, 0.4) is 0 Å². The quantitative estimate of drug-likeness (QED) is 0.869. The summed E-state index contributed by atoms with van der Waals surface area (Å²) in [6.07, 6.45) is 0.506. The summed E-state index contributed by atoms with van der Waals surface area (Å²) in [6.45, 7) is 5.73. The van der Waals surface area contributed by atoms with Crippen molar-refractivity contribution in [3.05, 3.63) is 22.4 Å². The highest BCUT2D eigenvalue weighted by Gasteiger charge is 2.27. The average molecular weight is 265 g/mol. The molecule has 0 bridgehead atoms. The van der Waals surface area contributed by atoms with Crippen molar-refractivity contribution in [2.45, 2.75) is 39.3 Å². The zero-order chi connectivity index (χ0) is 13.8. The summed E-state index contributed by atoms with van der Waals surface area (Å²) in [6, 6.07) is 4.84. The van der Waals surface area contributed by atoms with Gasteiger partial charge in [0.1, 0.15) is 6.04 Å². The van der Waals surface area contributed by atoms with Gasteiger partial charge >= 0.3 is 0 Å². The molecule has 1 aromatic rings. The first-order chi connectivity index (χ1) is 8.34. The summed E-state index contributed by atoms with van der Waals surface area (Å²) >= 11 is 1.57. The second kappa shape index (κ2) is 5.98. The third-order valence-electron chi connectivity index (χ3n) is 2.62. The number of amides is 1. The van der Waals surface area contributed by atoms with Crippen molar-refractivity contribution in [3.63, 3.8) is 0 Å². The van der Waals surface area contributed by atoms with Crippen LogP contribution in [0.15, 0.2) is 17.5 Å².